The topological polar surface area (TPSA) is 20.2 Å². The second-order valence-electron chi connectivity index (χ2n) is 5.80. The van der Waals surface area contributed by atoms with Crippen molar-refractivity contribution >= 4 is 0 Å². The van der Waals surface area contributed by atoms with Crippen LogP contribution in [0.1, 0.15) is 51.5 Å². The van der Waals surface area contributed by atoms with Crippen LogP contribution in [0.15, 0.2) is 60.7 Å². The lowest BCUT2D eigenvalue weighted by Crippen LogP contribution is -2.30. The third-order valence-corrected chi connectivity index (χ3v) is 4.38. The Morgan fingerprint density at radius 1 is 1.22 bits per heavy atom. The predicted molar refractivity (Wildman–Crippen MR) is 97.0 cm³/mol. The van der Waals surface area contributed by atoms with Gasteiger partial charge in [-0.25, -0.2) is 4.39 Å². The number of aliphatic hydroxyl groups excluding tert-OH is 1. The summed E-state index contributed by atoms with van der Waals surface area (Å²) in [5.41, 5.74) is 2.60. The van der Waals surface area contributed by atoms with Gasteiger partial charge in [-0.1, -0.05) is 62.3 Å². The first kappa shape index (κ1) is 19.4. The molecule has 0 saturated heterocycles. The van der Waals surface area contributed by atoms with E-state index in [1.54, 1.807) is 19.1 Å². The molecule has 2 heteroatoms. The molecule has 1 aromatic rings. The number of halogens is 1. The van der Waals surface area contributed by atoms with Gasteiger partial charge in [0.05, 0.1) is 0 Å². The maximum atomic E-state index is 13.2. The Bertz CT molecular complexity index is 519. The minimum atomic E-state index is -0.164. The van der Waals surface area contributed by atoms with E-state index in [2.05, 4.69) is 25.7 Å². The minimum absolute atomic E-state index is 0.0419. The number of hydrogen-bond donors (Lipinski definition) is 1. The van der Waals surface area contributed by atoms with Gasteiger partial charge in [0.25, 0.3) is 0 Å². The standard InChI is InChI=1S/C19H23F.C2H6O/c1-3-5-9-16(4-2)19(14-7-6-8-15-19)17-10-12-18(20)13-11-17;1-2-3/h3-5,9-13H,1,6-8,14-15H2,2H3;3H,2H2,1H3/b9-5-,16-4+;. The minimum Gasteiger partial charge on any atom is -0.397 e. The van der Waals surface area contributed by atoms with Crippen molar-refractivity contribution in [2.75, 3.05) is 6.61 Å². The fourth-order valence-electron chi connectivity index (χ4n) is 3.37. The molecule has 0 spiro atoms. The molecule has 1 aromatic carbocycles. The fraction of sp³-hybridized carbons (Fsp3) is 0.429. The highest BCUT2D eigenvalue weighted by atomic mass is 19.1. The van der Waals surface area contributed by atoms with E-state index in [9.17, 15) is 4.39 Å². The molecule has 1 fully saturated rings. The molecule has 0 bridgehead atoms. The third kappa shape index (κ3) is 5.18. The molecule has 1 aliphatic rings. The van der Waals surface area contributed by atoms with Crippen molar-refractivity contribution in [1.82, 2.24) is 0 Å². The van der Waals surface area contributed by atoms with E-state index >= 15 is 0 Å². The maximum Gasteiger partial charge on any atom is 0.123 e. The largest absolute Gasteiger partial charge is 0.397 e. The predicted octanol–water partition coefficient (Wildman–Crippen LogP) is 5.71. The highest BCUT2D eigenvalue weighted by molar-refractivity contribution is 5.43. The number of benzene rings is 1. The highest BCUT2D eigenvalue weighted by Crippen LogP contribution is 2.45. The van der Waals surface area contributed by atoms with Gasteiger partial charge in [0.15, 0.2) is 0 Å². The molecule has 0 aromatic heterocycles. The Kier molecular flexibility index (Phi) is 8.57. The van der Waals surface area contributed by atoms with Crippen LogP contribution in [-0.4, -0.2) is 11.7 Å². The maximum absolute atomic E-state index is 13.2. The monoisotopic (exact) mass is 316 g/mol. The summed E-state index contributed by atoms with van der Waals surface area (Å²) in [7, 11) is 0. The molecule has 0 radical (unpaired) electrons. The molecule has 1 aliphatic carbocycles. The first-order chi connectivity index (χ1) is 11.1. The first-order valence-corrected chi connectivity index (χ1v) is 8.47. The number of rotatable bonds is 4. The second kappa shape index (κ2) is 10.2. The SMILES string of the molecule is C=C/C=C\C(=C/C)C1(c2ccc(F)cc2)CCCCC1.CCO. The second-order valence-corrected chi connectivity index (χ2v) is 5.80. The fourth-order valence-corrected chi connectivity index (χ4v) is 3.37. The third-order valence-electron chi connectivity index (χ3n) is 4.38. The molecule has 0 amide bonds. The normalized spacial score (nSPS) is 17.5. The van der Waals surface area contributed by atoms with Crippen molar-refractivity contribution < 1.29 is 9.50 Å². The average Bonchev–Trinajstić information content (AvgIpc) is 2.57. The van der Waals surface area contributed by atoms with Crippen LogP contribution in [-0.2, 0) is 5.41 Å². The zero-order chi connectivity index (χ0) is 17.1. The van der Waals surface area contributed by atoms with Crippen LogP contribution in [0.2, 0.25) is 0 Å². The van der Waals surface area contributed by atoms with Gasteiger partial charge in [0.2, 0.25) is 0 Å². The van der Waals surface area contributed by atoms with Crippen molar-refractivity contribution in [1.29, 1.82) is 0 Å². The molecular weight excluding hydrogens is 287 g/mol. The average molecular weight is 316 g/mol. The summed E-state index contributed by atoms with van der Waals surface area (Å²) in [6.07, 6.45) is 14.2. The Morgan fingerprint density at radius 3 is 2.26 bits per heavy atom. The molecule has 1 N–H and O–H groups in total. The molecule has 0 aliphatic heterocycles. The van der Waals surface area contributed by atoms with Gasteiger partial charge in [0, 0.05) is 12.0 Å². The Labute approximate surface area is 140 Å². The Hall–Kier alpha value is -1.67. The van der Waals surface area contributed by atoms with E-state index in [1.165, 1.54) is 30.4 Å². The number of allylic oxidation sites excluding steroid dienone is 5. The van der Waals surface area contributed by atoms with Crippen LogP contribution in [0.4, 0.5) is 4.39 Å². The summed E-state index contributed by atoms with van der Waals surface area (Å²) in [6.45, 7) is 7.77. The molecule has 23 heavy (non-hydrogen) atoms. The number of aliphatic hydroxyl groups is 1. The highest BCUT2D eigenvalue weighted by Gasteiger charge is 2.35. The number of hydrogen-bond acceptors (Lipinski definition) is 1. The zero-order valence-electron chi connectivity index (χ0n) is 14.4. The van der Waals surface area contributed by atoms with Crippen LogP contribution in [0.5, 0.6) is 0 Å². The molecule has 0 unspecified atom stereocenters. The van der Waals surface area contributed by atoms with E-state index in [0.717, 1.165) is 12.8 Å². The van der Waals surface area contributed by atoms with Gasteiger partial charge in [-0.3, -0.25) is 0 Å². The van der Waals surface area contributed by atoms with Crippen molar-refractivity contribution in [3.05, 3.63) is 72.1 Å². The van der Waals surface area contributed by atoms with Crippen LogP contribution >= 0.6 is 0 Å². The van der Waals surface area contributed by atoms with E-state index in [0.29, 0.717) is 0 Å². The smallest absolute Gasteiger partial charge is 0.123 e. The summed E-state index contributed by atoms with van der Waals surface area (Å²) in [4.78, 5) is 0. The summed E-state index contributed by atoms with van der Waals surface area (Å²) < 4.78 is 13.2. The van der Waals surface area contributed by atoms with E-state index in [1.807, 2.05) is 24.3 Å². The van der Waals surface area contributed by atoms with Crippen LogP contribution in [0.3, 0.4) is 0 Å². The molecule has 2 rings (SSSR count). The quantitative estimate of drug-likeness (QED) is 0.705. The first-order valence-electron chi connectivity index (χ1n) is 8.47. The van der Waals surface area contributed by atoms with Crippen molar-refractivity contribution in [3.63, 3.8) is 0 Å². The van der Waals surface area contributed by atoms with Gasteiger partial charge in [0.1, 0.15) is 5.82 Å². The lowest BCUT2D eigenvalue weighted by atomic mass is 9.64. The van der Waals surface area contributed by atoms with Gasteiger partial charge >= 0.3 is 0 Å². The van der Waals surface area contributed by atoms with Gasteiger partial charge in [-0.05, 0) is 50.0 Å². The van der Waals surface area contributed by atoms with E-state index in [4.69, 9.17) is 5.11 Å². The van der Waals surface area contributed by atoms with Gasteiger partial charge in [-0.15, -0.1) is 0 Å². The lowest BCUT2D eigenvalue weighted by molar-refractivity contribution is 0.318. The summed E-state index contributed by atoms with van der Waals surface area (Å²) in [5, 5.41) is 7.57. The van der Waals surface area contributed by atoms with Gasteiger partial charge < -0.3 is 5.11 Å². The van der Waals surface area contributed by atoms with Crippen LogP contribution in [0.25, 0.3) is 0 Å². The molecule has 0 atom stereocenters. The summed E-state index contributed by atoms with van der Waals surface area (Å²) in [6, 6.07) is 7.06. The lowest BCUT2D eigenvalue weighted by Gasteiger charge is -2.39. The molecular formula is C21H29FO. The zero-order valence-corrected chi connectivity index (χ0v) is 14.4. The van der Waals surface area contributed by atoms with Crippen molar-refractivity contribution in [3.8, 4) is 0 Å². The summed E-state index contributed by atoms with van der Waals surface area (Å²) in [5.74, 6) is -0.164. The Morgan fingerprint density at radius 2 is 1.78 bits per heavy atom. The molecule has 1 saturated carbocycles. The van der Waals surface area contributed by atoms with Crippen LogP contribution in [0, 0.1) is 5.82 Å². The van der Waals surface area contributed by atoms with Crippen molar-refractivity contribution in [2.45, 2.75) is 51.4 Å². The summed E-state index contributed by atoms with van der Waals surface area (Å²) >= 11 is 0. The van der Waals surface area contributed by atoms with E-state index in [-0.39, 0.29) is 17.8 Å². The molecule has 0 heterocycles. The molecule has 1 nitrogen and oxygen atoms in total. The van der Waals surface area contributed by atoms with Crippen molar-refractivity contribution in [2.24, 2.45) is 0 Å². The van der Waals surface area contributed by atoms with E-state index < -0.39 is 0 Å². The van der Waals surface area contributed by atoms with Gasteiger partial charge in [-0.2, -0.15) is 0 Å². The molecule has 126 valence electrons. The Balaban J connectivity index is 0.000000816. The van der Waals surface area contributed by atoms with Crippen LogP contribution < -0.4 is 0 Å².